The topological polar surface area (TPSA) is 85.8 Å². The Bertz CT molecular complexity index is 549. The first kappa shape index (κ1) is 21.1. The van der Waals surface area contributed by atoms with Crippen LogP contribution in [-0.2, 0) is 9.59 Å². The zero-order valence-electron chi connectivity index (χ0n) is 13.2. The molecule has 0 radical (unpaired) electrons. The number of rotatable bonds is 5. The van der Waals surface area contributed by atoms with Crippen molar-refractivity contribution in [1.29, 1.82) is 0 Å². The van der Waals surface area contributed by atoms with Crippen molar-refractivity contribution in [3.63, 3.8) is 0 Å². The number of benzene rings is 1. The lowest BCUT2D eigenvalue weighted by molar-refractivity contribution is -0.127. The zero-order chi connectivity index (χ0) is 16.5. The third kappa shape index (κ3) is 8.33. The first-order chi connectivity index (χ1) is 10.4. The molecule has 0 fully saturated rings. The molecule has 128 valence electrons. The molecule has 0 heterocycles. The van der Waals surface area contributed by atoms with Gasteiger partial charge in [0.2, 0.25) is 11.8 Å². The summed E-state index contributed by atoms with van der Waals surface area (Å²) in [6, 6.07) is 5.46. The van der Waals surface area contributed by atoms with Crippen LogP contribution in [0.15, 0.2) is 29.3 Å². The fraction of sp³-hybridized carbons (Fsp3) is 0.357. The van der Waals surface area contributed by atoms with Crippen LogP contribution in [-0.4, -0.2) is 56.9 Å². The van der Waals surface area contributed by atoms with Gasteiger partial charge in [0.25, 0.3) is 0 Å². The maximum absolute atomic E-state index is 12.8. The minimum Gasteiger partial charge on any atom is -0.347 e. The minimum absolute atomic E-state index is 0. The summed E-state index contributed by atoms with van der Waals surface area (Å²) in [4.78, 5) is 28.5. The van der Waals surface area contributed by atoms with Crippen molar-refractivity contribution in [2.24, 2.45) is 4.99 Å². The molecule has 0 saturated heterocycles. The van der Waals surface area contributed by atoms with E-state index in [2.05, 4.69) is 20.9 Å². The quantitative estimate of drug-likeness (QED) is 0.359. The van der Waals surface area contributed by atoms with Gasteiger partial charge in [-0.2, -0.15) is 0 Å². The number of anilines is 1. The molecule has 0 unspecified atom stereocenters. The molecule has 0 aromatic heterocycles. The number of aliphatic imine (C=N–C) groups is 1. The first-order valence-electron chi connectivity index (χ1n) is 6.62. The van der Waals surface area contributed by atoms with E-state index in [1.165, 1.54) is 36.2 Å². The summed E-state index contributed by atoms with van der Waals surface area (Å²) in [5.41, 5.74) is 0.499. The molecule has 0 aliphatic heterocycles. The number of carbonyl (C=O) groups is 2. The standard InChI is InChI=1S/C14H20FN5O2.HI/c1-16-14(18-9-13(22)20(2)3)17-8-12(21)19-11-6-4-10(15)5-7-11;/h4-7H,8-9H2,1-3H3,(H,19,21)(H2,16,17,18);1H. The highest BCUT2D eigenvalue weighted by Crippen LogP contribution is 2.07. The van der Waals surface area contributed by atoms with Crippen molar-refractivity contribution >= 4 is 47.4 Å². The summed E-state index contributed by atoms with van der Waals surface area (Å²) in [5.74, 6) is -0.456. The van der Waals surface area contributed by atoms with Gasteiger partial charge >= 0.3 is 0 Å². The van der Waals surface area contributed by atoms with Gasteiger partial charge in [-0.3, -0.25) is 14.6 Å². The van der Waals surface area contributed by atoms with Gasteiger partial charge in [-0.05, 0) is 24.3 Å². The zero-order valence-corrected chi connectivity index (χ0v) is 15.6. The molecule has 3 N–H and O–H groups in total. The largest absolute Gasteiger partial charge is 0.347 e. The summed E-state index contributed by atoms with van der Waals surface area (Å²) in [6.45, 7) is 0.0411. The van der Waals surface area contributed by atoms with Crippen molar-refractivity contribution in [3.05, 3.63) is 30.1 Å². The van der Waals surface area contributed by atoms with Gasteiger partial charge in [-0.25, -0.2) is 4.39 Å². The summed E-state index contributed by atoms with van der Waals surface area (Å²) < 4.78 is 12.8. The Balaban J connectivity index is 0.00000484. The number of halogens is 2. The van der Waals surface area contributed by atoms with E-state index in [1.807, 2.05) is 0 Å². The normalized spacial score (nSPS) is 10.3. The average Bonchev–Trinajstić information content (AvgIpc) is 2.49. The number of hydrogen-bond donors (Lipinski definition) is 3. The van der Waals surface area contributed by atoms with E-state index >= 15 is 0 Å². The van der Waals surface area contributed by atoms with Crippen LogP contribution < -0.4 is 16.0 Å². The van der Waals surface area contributed by atoms with E-state index in [0.29, 0.717) is 11.6 Å². The Morgan fingerprint density at radius 2 is 1.70 bits per heavy atom. The lowest BCUT2D eigenvalue weighted by Crippen LogP contribution is -2.45. The Morgan fingerprint density at radius 1 is 1.13 bits per heavy atom. The van der Waals surface area contributed by atoms with Crippen LogP contribution in [0.1, 0.15) is 0 Å². The number of nitrogens with zero attached hydrogens (tertiary/aromatic N) is 2. The third-order valence-electron chi connectivity index (χ3n) is 2.67. The minimum atomic E-state index is -0.369. The Hall–Kier alpha value is -1.91. The molecule has 0 aliphatic carbocycles. The SMILES string of the molecule is CN=C(NCC(=O)Nc1ccc(F)cc1)NCC(=O)N(C)C.I. The van der Waals surface area contributed by atoms with E-state index in [0.717, 1.165) is 0 Å². The van der Waals surface area contributed by atoms with E-state index in [1.54, 1.807) is 14.1 Å². The molecule has 1 rings (SSSR count). The van der Waals surface area contributed by atoms with Crippen LogP contribution in [0.3, 0.4) is 0 Å². The molecule has 0 bridgehead atoms. The average molecular weight is 437 g/mol. The van der Waals surface area contributed by atoms with Crippen molar-refractivity contribution in [2.75, 3.05) is 39.5 Å². The van der Waals surface area contributed by atoms with Crippen molar-refractivity contribution in [1.82, 2.24) is 15.5 Å². The van der Waals surface area contributed by atoms with Crippen LogP contribution in [0.5, 0.6) is 0 Å². The van der Waals surface area contributed by atoms with Gasteiger partial charge in [-0.1, -0.05) is 0 Å². The van der Waals surface area contributed by atoms with Gasteiger partial charge in [-0.15, -0.1) is 24.0 Å². The molecule has 1 aromatic carbocycles. The van der Waals surface area contributed by atoms with Gasteiger partial charge in [0.15, 0.2) is 5.96 Å². The predicted molar refractivity (Wildman–Crippen MR) is 98.5 cm³/mol. The van der Waals surface area contributed by atoms with Crippen LogP contribution in [0.25, 0.3) is 0 Å². The number of guanidine groups is 1. The first-order valence-corrected chi connectivity index (χ1v) is 6.62. The molecule has 0 saturated carbocycles. The van der Waals surface area contributed by atoms with Crippen LogP contribution in [0.4, 0.5) is 10.1 Å². The third-order valence-corrected chi connectivity index (χ3v) is 2.67. The van der Waals surface area contributed by atoms with Gasteiger partial charge in [0, 0.05) is 26.8 Å². The van der Waals surface area contributed by atoms with Crippen LogP contribution in [0.2, 0.25) is 0 Å². The number of likely N-dealkylation sites (N-methyl/N-ethyl adjacent to an activating group) is 1. The number of carbonyl (C=O) groups excluding carboxylic acids is 2. The molecule has 9 heteroatoms. The van der Waals surface area contributed by atoms with Crippen LogP contribution >= 0.6 is 24.0 Å². The smallest absolute Gasteiger partial charge is 0.243 e. The molecule has 23 heavy (non-hydrogen) atoms. The highest BCUT2D eigenvalue weighted by atomic mass is 127. The van der Waals surface area contributed by atoms with E-state index in [9.17, 15) is 14.0 Å². The summed E-state index contributed by atoms with van der Waals surface area (Å²) in [5, 5.41) is 8.18. The molecule has 0 atom stereocenters. The number of nitrogens with one attached hydrogen (secondary N) is 3. The van der Waals surface area contributed by atoms with Gasteiger partial charge in [0.1, 0.15) is 5.82 Å². The molecule has 1 aromatic rings. The molecule has 0 aliphatic rings. The molecular weight excluding hydrogens is 416 g/mol. The highest BCUT2D eigenvalue weighted by molar-refractivity contribution is 14.0. The van der Waals surface area contributed by atoms with E-state index < -0.39 is 0 Å². The van der Waals surface area contributed by atoms with Gasteiger partial charge < -0.3 is 20.9 Å². The molecule has 7 nitrogen and oxygen atoms in total. The second-order valence-electron chi connectivity index (χ2n) is 4.62. The summed E-state index contributed by atoms with van der Waals surface area (Å²) >= 11 is 0. The number of hydrogen-bond acceptors (Lipinski definition) is 3. The maximum atomic E-state index is 12.8. The van der Waals surface area contributed by atoms with Crippen molar-refractivity contribution in [2.45, 2.75) is 0 Å². The summed E-state index contributed by atoms with van der Waals surface area (Å²) in [7, 11) is 4.83. The lowest BCUT2D eigenvalue weighted by atomic mass is 10.3. The number of amides is 2. The second kappa shape index (κ2) is 10.8. The summed E-state index contributed by atoms with van der Waals surface area (Å²) in [6.07, 6.45) is 0. The highest BCUT2D eigenvalue weighted by Gasteiger charge is 2.07. The Morgan fingerprint density at radius 3 is 2.22 bits per heavy atom. The lowest BCUT2D eigenvalue weighted by Gasteiger charge is -2.14. The monoisotopic (exact) mass is 437 g/mol. The van der Waals surface area contributed by atoms with Crippen LogP contribution in [0, 0.1) is 5.82 Å². The predicted octanol–water partition coefficient (Wildman–Crippen LogP) is 0.635. The fourth-order valence-electron chi connectivity index (χ4n) is 1.44. The van der Waals surface area contributed by atoms with E-state index in [-0.39, 0.29) is 54.7 Å². The maximum Gasteiger partial charge on any atom is 0.243 e. The van der Waals surface area contributed by atoms with Crippen molar-refractivity contribution in [3.8, 4) is 0 Å². The van der Waals surface area contributed by atoms with E-state index in [4.69, 9.17) is 0 Å². The van der Waals surface area contributed by atoms with Crippen molar-refractivity contribution < 1.29 is 14.0 Å². The fourth-order valence-corrected chi connectivity index (χ4v) is 1.44. The Kier molecular flexibility index (Phi) is 9.86. The Labute approximate surface area is 151 Å². The second-order valence-corrected chi connectivity index (χ2v) is 4.62. The van der Waals surface area contributed by atoms with Gasteiger partial charge in [0.05, 0.1) is 13.1 Å². The molecular formula is C14H21FIN5O2. The molecule has 0 spiro atoms. The molecule has 2 amide bonds.